The summed E-state index contributed by atoms with van der Waals surface area (Å²) >= 11 is 1.87. The fourth-order valence-electron chi connectivity index (χ4n) is 2.77. The lowest BCUT2D eigenvalue weighted by atomic mass is 9.93. The molecule has 1 nitrogen and oxygen atoms in total. The van der Waals surface area contributed by atoms with Gasteiger partial charge < -0.3 is 5.32 Å². The average molecular weight is 301 g/mol. The van der Waals surface area contributed by atoms with Crippen LogP contribution in [-0.4, -0.2) is 6.54 Å². The van der Waals surface area contributed by atoms with Crippen molar-refractivity contribution >= 4 is 11.3 Å². The average Bonchev–Trinajstić information content (AvgIpc) is 2.93. The van der Waals surface area contributed by atoms with Gasteiger partial charge in [-0.2, -0.15) is 0 Å². The summed E-state index contributed by atoms with van der Waals surface area (Å²) in [7, 11) is 0. The van der Waals surface area contributed by atoms with Crippen molar-refractivity contribution in [2.75, 3.05) is 6.54 Å². The molecular weight excluding hydrogens is 274 g/mol. The minimum absolute atomic E-state index is 0.339. The van der Waals surface area contributed by atoms with Crippen LogP contribution in [0.1, 0.15) is 60.4 Å². The molecule has 1 atom stereocenters. The van der Waals surface area contributed by atoms with Gasteiger partial charge in [0, 0.05) is 4.88 Å². The van der Waals surface area contributed by atoms with E-state index < -0.39 is 0 Å². The Hall–Kier alpha value is -1.12. The Morgan fingerprint density at radius 2 is 1.90 bits per heavy atom. The molecular formula is C19H27NS. The number of thiophene rings is 1. The highest BCUT2D eigenvalue weighted by Gasteiger charge is 2.19. The molecule has 0 amide bonds. The highest BCUT2D eigenvalue weighted by molar-refractivity contribution is 7.10. The highest BCUT2D eigenvalue weighted by atomic mass is 32.1. The van der Waals surface area contributed by atoms with E-state index in [1.165, 1.54) is 27.1 Å². The van der Waals surface area contributed by atoms with Gasteiger partial charge in [0.25, 0.3) is 0 Å². The normalized spacial score (nSPS) is 12.6. The minimum Gasteiger partial charge on any atom is -0.306 e. The molecule has 0 saturated carbocycles. The predicted octanol–water partition coefficient (Wildman–Crippen LogP) is 5.27. The van der Waals surface area contributed by atoms with Crippen LogP contribution in [0, 0.1) is 6.92 Å². The fraction of sp³-hybridized carbons (Fsp3) is 0.474. The third kappa shape index (κ3) is 3.75. The van der Waals surface area contributed by atoms with Crippen LogP contribution in [0.3, 0.4) is 0 Å². The molecule has 0 bridgehead atoms. The SMILES string of the molecule is CCCNC(c1cc(CC)ccc1CC)c1sccc1C. The summed E-state index contributed by atoms with van der Waals surface area (Å²) in [5.41, 5.74) is 5.77. The van der Waals surface area contributed by atoms with E-state index in [1.54, 1.807) is 0 Å². The van der Waals surface area contributed by atoms with Gasteiger partial charge in [0.1, 0.15) is 0 Å². The van der Waals surface area contributed by atoms with E-state index in [9.17, 15) is 0 Å². The zero-order chi connectivity index (χ0) is 15.2. The molecule has 0 radical (unpaired) electrons. The van der Waals surface area contributed by atoms with Crippen molar-refractivity contribution in [3.05, 3.63) is 56.8 Å². The molecule has 1 heterocycles. The summed E-state index contributed by atoms with van der Waals surface area (Å²) in [6.45, 7) is 10.00. The summed E-state index contributed by atoms with van der Waals surface area (Å²) < 4.78 is 0. The van der Waals surface area contributed by atoms with Gasteiger partial charge in [0.2, 0.25) is 0 Å². The van der Waals surface area contributed by atoms with Crippen molar-refractivity contribution in [2.45, 2.75) is 53.0 Å². The smallest absolute Gasteiger partial charge is 0.0676 e. The monoisotopic (exact) mass is 301 g/mol. The van der Waals surface area contributed by atoms with Crippen LogP contribution in [-0.2, 0) is 12.8 Å². The first-order chi connectivity index (χ1) is 10.2. The number of nitrogens with one attached hydrogen (secondary N) is 1. The van der Waals surface area contributed by atoms with Gasteiger partial charge in [-0.25, -0.2) is 0 Å². The number of benzene rings is 1. The van der Waals surface area contributed by atoms with Crippen LogP contribution in [0.2, 0.25) is 0 Å². The molecule has 1 N–H and O–H groups in total. The number of hydrogen-bond donors (Lipinski definition) is 1. The van der Waals surface area contributed by atoms with E-state index in [4.69, 9.17) is 0 Å². The van der Waals surface area contributed by atoms with Crippen LogP contribution in [0.4, 0.5) is 0 Å². The molecule has 0 saturated heterocycles. The van der Waals surface area contributed by atoms with E-state index >= 15 is 0 Å². The van der Waals surface area contributed by atoms with Crippen LogP contribution in [0.5, 0.6) is 0 Å². The van der Waals surface area contributed by atoms with E-state index in [1.807, 2.05) is 11.3 Å². The lowest BCUT2D eigenvalue weighted by Gasteiger charge is -2.22. The first-order valence-corrected chi connectivity index (χ1v) is 8.98. The van der Waals surface area contributed by atoms with Gasteiger partial charge >= 0.3 is 0 Å². The summed E-state index contributed by atoms with van der Waals surface area (Å²) in [6.07, 6.45) is 3.35. The molecule has 1 unspecified atom stereocenters. The summed E-state index contributed by atoms with van der Waals surface area (Å²) in [5.74, 6) is 0. The van der Waals surface area contributed by atoms with Gasteiger partial charge in [-0.3, -0.25) is 0 Å². The Bertz CT molecular complexity index is 571. The van der Waals surface area contributed by atoms with E-state index in [-0.39, 0.29) is 0 Å². The Kier molecular flexibility index (Phi) is 6.01. The van der Waals surface area contributed by atoms with Crippen LogP contribution in [0.25, 0.3) is 0 Å². The number of aryl methyl sites for hydroxylation is 3. The molecule has 114 valence electrons. The van der Waals surface area contributed by atoms with Gasteiger partial charge in [0.15, 0.2) is 0 Å². The zero-order valence-electron chi connectivity index (χ0n) is 13.7. The number of rotatable bonds is 7. The topological polar surface area (TPSA) is 12.0 Å². The first kappa shape index (κ1) is 16.3. The van der Waals surface area contributed by atoms with Crippen LogP contribution < -0.4 is 5.32 Å². The second-order valence-electron chi connectivity index (χ2n) is 5.60. The van der Waals surface area contributed by atoms with Crippen molar-refractivity contribution in [3.8, 4) is 0 Å². The largest absolute Gasteiger partial charge is 0.306 e. The van der Waals surface area contributed by atoms with E-state index in [2.05, 4.69) is 62.7 Å². The van der Waals surface area contributed by atoms with Gasteiger partial charge in [-0.05, 0) is 66.4 Å². The Labute approximate surface area is 133 Å². The van der Waals surface area contributed by atoms with Gasteiger partial charge in [-0.15, -0.1) is 11.3 Å². The molecule has 2 rings (SSSR count). The van der Waals surface area contributed by atoms with Crippen molar-refractivity contribution in [1.82, 2.24) is 5.32 Å². The summed E-state index contributed by atoms with van der Waals surface area (Å²) in [4.78, 5) is 1.46. The second kappa shape index (κ2) is 7.77. The molecule has 21 heavy (non-hydrogen) atoms. The van der Waals surface area contributed by atoms with Crippen molar-refractivity contribution in [3.63, 3.8) is 0 Å². The maximum atomic E-state index is 3.77. The van der Waals surface area contributed by atoms with Crippen molar-refractivity contribution in [1.29, 1.82) is 0 Å². The zero-order valence-corrected chi connectivity index (χ0v) is 14.5. The van der Waals surface area contributed by atoms with Crippen LogP contribution >= 0.6 is 11.3 Å². The van der Waals surface area contributed by atoms with Crippen molar-refractivity contribution in [2.24, 2.45) is 0 Å². The van der Waals surface area contributed by atoms with Gasteiger partial charge in [0.05, 0.1) is 6.04 Å². The van der Waals surface area contributed by atoms with Crippen molar-refractivity contribution < 1.29 is 0 Å². The highest BCUT2D eigenvalue weighted by Crippen LogP contribution is 2.32. The van der Waals surface area contributed by atoms with E-state index in [0.29, 0.717) is 6.04 Å². The molecule has 2 heteroatoms. The van der Waals surface area contributed by atoms with Gasteiger partial charge in [-0.1, -0.05) is 39.0 Å². The minimum atomic E-state index is 0.339. The fourth-order valence-corrected chi connectivity index (χ4v) is 3.79. The lowest BCUT2D eigenvalue weighted by Crippen LogP contribution is -2.24. The summed E-state index contributed by atoms with van der Waals surface area (Å²) in [5, 5.41) is 5.97. The molecule has 0 aliphatic rings. The molecule has 0 aliphatic carbocycles. The first-order valence-electron chi connectivity index (χ1n) is 8.10. The molecule has 1 aromatic heterocycles. The molecule has 0 fully saturated rings. The van der Waals surface area contributed by atoms with Crippen LogP contribution in [0.15, 0.2) is 29.6 Å². The standard InChI is InChI=1S/C19H27NS/c1-5-11-20-18(19-14(4)10-12-21-19)17-13-15(6-2)8-9-16(17)7-3/h8-10,12-13,18,20H,5-7,11H2,1-4H3. The maximum absolute atomic E-state index is 3.77. The Balaban J connectivity index is 2.47. The third-order valence-electron chi connectivity index (χ3n) is 4.07. The Morgan fingerprint density at radius 1 is 1.10 bits per heavy atom. The molecule has 2 aromatic rings. The Morgan fingerprint density at radius 3 is 2.48 bits per heavy atom. The predicted molar refractivity (Wildman–Crippen MR) is 94.4 cm³/mol. The second-order valence-corrected chi connectivity index (χ2v) is 6.54. The third-order valence-corrected chi connectivity index (χ3v) is 5.16. The number of hydrogen-bond acceptors (Lipinski definition) is 2. The maximum Gasteiger partial charge on any atom is 0.0676 e. The van der Waals surface area contributed by atoms with E-state index in [0.717, 1.165) is 25.8 Å². The summed E-state index contributed by atoms with van der Waals surface area (Å²) in [6, 6.07) is 9.57. The quantitative estimate of drug-likeness (QED) is 0.734. The lowest BCUT2D eigenvalue weighted by molar-refractivity contribution is 0.599. The molecule has 1 aromatic carbocycles. The molecule has 0 spiro atoms. The molecule has 0 aliphatic heterocycles.